The molecule has 0 amide bonds. The highest BCUT2D eigenvalue weighted by molar-refractivity contribution is 6.28. The highest BCUT2D eigenvalue weighted by atomic mass is 35.5. The van der Waals surface area contributed by atoms with E-state index in [1.165, 1.54) is 0 Å². The van der Waals surface area contributed by atoms with Crippen molar-refractivity contribution < 1.29 is 0 Å². The Morgan fingerprint density at radius 1 is 1.20 bits per heavy atom. The standard InChI is InChI=1S/C13H13ClN6/c1-20(2)13-18-11(14)17-12(19-13)16-10-5-3-9(4-6-10)7-8-15/h3-6H,7H2,1-2H3,(H,16,17,18,19). The Morgan fingerprint density at radius 2 is 1.90 bits per heavy atom. The van der Waals surface area contributed by atoms with E-state index in [0.717, 1.165) is 11.3 Å². The van der Waals surface area contributed by atoms with E-state index in [2.05, 4.69) is 26.3 Å². The van der Waals surface area contributed by atoms with Gasteiger partial charge in [-0.05, 0) is 29.3 Å². The van der Waals surface area contributed by atoms with Gasteiger partial charge in [-0.3, -0.25) is 0 Å². The van der Waals surface area contributed by atoms with E-state index in [-0.39, 0.29) is 5.28 Å². The molecular weight excluding hydrogens is 276 g/mol. The molecule has 102 valence electrons. The Hall–Kier alpha value is -2.39. The highest BCUT2D eigenvalue weighted by Crippen LogP contribution is 2.17. The van der Waals surface area contributed by atoms with Crippen molar-refractivity contribution in [2.75, 3.05) is 24.3 Å². The van der Waals surface area contributed by atoms with Gasteiger partial charge in [-0.25, -0.2) is 0 Å². The summed E-state index contributed by atoms with van der Waals surface area (Å²) >= 11 is 5.86. The third-order valence-corrected chi connectivity index (χ3v) is 2.66. The van der Waals surface area contributed by atoms with Gasteiger partial charge in [0, 0.05) is 19.8 Å². The fourth-order valence-electron chi connectivity index (χ4n) is 1.52. The summed E-state index contributed by atoms with van der Waals surface area (Å²) in [6.07, 6.45) is 0.392. The van der Waals surface area contributed by atoms with Crippen LogP contribution in [0.5, 0.6) is 0 Å². The summed E-state index contributed by atoms with van der Waals surface area (Å²) in [5, 5.41) is 11.8. The maximum absolute atomic E-state index is 8.63. The molecule has 1 heterocycles. The van der Waals surface area contributed by atoms with Crippen molar-refractivity contribution in [1.82, 2.24) is 15.0 Å². The first-order valence-electron chi connectivity index (χ1n) is 5.90. The maximum Gasteiger partial charge on any atom is 0.233 e. The molecule has 0 aliphatic carbocycles. The van der Waals surface area contributed by atoms with Crippen molar-refractivity contribution in [2.24, 2.45) is 0 Å². The Morgan fingerprint density at radius 3 is 2.50 bits per heavy atom. The van der Waals surface area contributed by atoms with Crippen molar-refractivity contribution in [1.29, 1.82) is 5.26 Å². The molecule has 1 aromatic heterocycles. The minimum absolute atomic E-state index is 0.132. The van der Waals surface area contributed by atoms with Gasteiger partial charge in [-0.1, -0.05) is 12.1 Å². The van der Waals surface area contributed by atoms with Gasteiger partial charge in [0.05, 0.1) is 12.5 Å². The zero-order chi connectivity index (χ0) is 14.5. The summed E-state index contributed by atoms with van der Waals surface area (Å²) in [5.74, 6) is 0.857. The van der Waals surface area contributed by atoms with Crippen molar-refractivity contribution >= 4 is 29.2 Å². The van der Waals surface area contributed by atoms with Crippen molar-refractivity contribution in [3.63, 3.8) is 0 Å². The zero-order valence-electron chi connectivity index (χ0n) is 11.1. The number of nitrogens with one attached hydrogen (secondary N) is 1. The van der Waals surface area contributed by atoms with E-state index < -0.39 is 0 Å². The number of anilines is 3. The minimum atomic E-state index is 0.132. The summed E-state index contributed by atoms with van der Waals surface area (Å²) in [7, 11) is 3.65. The van der Waals surface area contributed by atoms with Crippen LogP contribution in [0.4, 0.5) is 17.6 Å². The van der Waals surface area contributed by atoms with Crippen LogP contribution in [0.15, 0.2) is 24.3 Å². The molecule has 1 aromatic carbocycles. The Balaban J connectivity index is 2.19. The molecule has 0 aliphatic heterocycles. The lowest BCUT2D eigenvalue weighted by Crippen LogP contribution is -2.14. The summed E-state index contributed by atoms with van der Waals surface area (Å²) in [5.41, 5.74) is 1.78. The molecule has 0 saturated carbocycles. The van der Waals surface area contributed by atoms with E-state index in [1.807, 2.05) is 38.4 Å². The SMILES string of the molecule is CN(C)c1nc(Cl)nc(Nc2ccc(CC#N)cc2)n1. The lowest BCUT2D eigenvalue weighted by atomic mass is 10.1. The van der Waals surface area contributed by atoms with Gasteiger partial charge in [0.2, 0.25) is 17.2 Å². The molecule has 0 radical (unpaired) electrons. The number of halogens is 1. The molecule has 7 heteroatoms. The molecule has 6 nitrogen and oxygen atoms in total. The number of nitrogens with zero attached hydrogens (tertiary/aromatic N) is 5. The number of nitriles is 1. The van der Waals surface area contributed by atoms with Crippen LogP contribution in [0.1, 0.15) is 5.56 Å². The average molecular weight is 289 g/mol. The quantitative estimate of drug-likeness (QED) is 0.931. The van der Waals surface area contributed by atoms with Crippen molar-refractivity contribution in [2.45, 2.75) is 6.42 Å². The molecule has 0 unspecified atom stereocenters. The second-order valence-corrected chi connectivity index (χ2v) is 4.62. The second-order valence-electron chi connectivity index (χ2n) is 4.28. The first-order valence-corrected chi connectivity index (χ1v) is 6.28. The molecule has 20 heavy (non-hydrogen) atoms. The number of hydrogen-bond acceptors (Lipinski definition) is 6. The van der Waals surface area contributed by atoms with Crippen LogP contribution in [0.3, 0.4) is 0 Å². The third kappa shape index (κ3) is 3.56. The van der Waals surface area contributed by atoms with Gasteiger partial charge in [0.25, 0.3) is 0 Å². The Labute approximate surface area is 122 Å². The topological polar surface area (TPSA) is 77.7 Å². The summed E-state index contributed by atoms with van der Waals surface area (Å²) in [4.78, 5) is 14.0. The van der Waals surface area contributed by atoms with Crippen molar-refractivity contribution in [3.8, 4) is 6.07 Å². The third-order valence-electron chi connectivity index (χ3n) is 2.49. The number of benzene rings is 1. The summed E-state index contributed by atoms with van der Waals surface area (Å²) in [6, 6.07) is 9.58. The first-order chi connectivity index (χ1) is 9.58. The highest BCUT2D eigenvalue weighted by Gasteiger charge is 2.06. The average Bonchev–Trinajstić information content (AvgIpc) is 2.40. The van der Waals surface area contributed by atoms with Gasteiger partial charge in [0.15, 0.2) is 0 Å². The van der Waals surface area contributed by atoms with Gasteiger partial charge in [-0.15, -0.1) is 0 Å². The van der Waals surface area contributed by atoms with Crippen LogP contribution in [-0.2, 0) is 6.42 Å². The van der Waals surface area contributed by atoms with E-state index in [4.69, 9.17) is 16.9 Å². The molecule has 0 bridgehead atoms. The second kappa shape index (κ2) is 6.17. The fourth-order valence-corrected chi connectivity index (χ4v) is 1.68. The largest absolute Gasteiger partial charge is 0.347 e. The van der Waals surface area contributed by atoms with Crippen LogP contribution in [0, 0.1) is 11.3 Å². The van der Waals surface area contributed by atoms with Crippen LogP contribution in [0.2, 0.25) is 5.28 Å². The van der Waals surface area contributed by atoms with Crippen LogP contribution >= 0.6 is 11.6 Å². The normalized spacial score (nSPS) is 9.90. The van der Waals surface area contributed by atoms with E-state index in [0.29, 0.717) is 18.3 Å². The molecule has 2 rings (SSSR count). The Bertz CT molecular complexity index is 632. The van der Waals surface area contributed by atoms with Crippen LogP contribution in [0.25, 0.3) is 0 Å². The zero-order valence-corrected chi connectivity index (χ0v) is 11.9. The van der Waals surface area contributed by atoms with Crippen LogP contribution in [-0.4, -0.2) is 29.0 Å². The van der Waals surface area contributed by atoms with Gasteiger partial charge < -0.3 is 10.2 Å². The summed E-state index contributed by atoms with van der Waals surface area (Å²) < 4.78 is 0. The summed E-state index contributed by atoms with van der Waals surface area (Å²) in [6.45, 7) is 0. The number of hydrogen-bond donors (Lipinski definition) is 1. The maximum atomic E-state index is 8.63. The van der Waals surface area contributed by atoms with E-state index >= 15 is 0 Å². The van der Waals surface area contributed by atoms with Crippen molar-refractivity contribution in [3.05, 3.63) is 35.1 Å². The monoisotopic (exact) mass is 288 g/mol. The van der Waals surface area contributed by atoms with Crippen LogP contribution < -0.4 is 10.2 Å². The Kier molecular flexibility index (Phi) is 4.33. The fraction of sp³-hybridized carbons (Fsp3) is 0.231. The number of rotatable bonds is 4. The molecule has 0 atom stereocenters. The van der Waals surface area contributed by atoms with E-state index in [9.17, 15) is 0 Å². The molecular formula is C13H13ClN6. The molecule has 2 aromatic rings. The van der Waals surface area contributed by atoms with E-state index in [1.54, 1.807) is 4.90 Å². The molecule has 0 spiro atoms. The molecule has 0 saturated heterocycles. The predicted octanol–water partition coefficient (Wildman–Crippen LogP) is 2.40. The molecule has 0 fully saturated rings. The smallest absolute Gasteiger partial charge is 0.233 e. The minimum Gasteiger partial charge on any atom is -0.347 e. The van der Waals surface area contributed by atoms with Gasteiger partial charge in [0.1, 0.15) is 0 Å². The molecule has 0 aliphatic rings. The lowest BCUT2D eigenvalue weighted by Gasteiger charge is -2.11. The number of aromatic nitrogens is 3. The van der Waals surface area contributed by atoms with Gasteiger partial charge >= 0.3 is 0 Å². The lowest BCUT2D eigenvalue weighted by molar-refractivity contribution is 0.961. The first kappa shape index (κ1) is 14.0. The molecule has 1 N–H and O–H groups in total. The predicted molar refractivity (Wildman–Crippen MR) is 78.2 cm³/mol. The van der Waals surface area contributed by atoms with Gasteiger partial charge in [-0.2, -0.15) is 20.2 Å².